The first-order chi connectivity index (χ1) is 15.7. The molecule has 6 nitrogen and oxygen atoms in total. The minimum Gasteiger partial charge on any atom is -0.497 e. The maximum atomic E-state index is 5.41. The summed E-state index contributed by atoms with van der Waals surface area (Å²) in [4.78, 5) is 14.2. The number of para-hydroxylation sites is 1. The van der Waals surface area contributed by atoms with Gasteiger partial charge in [0.05, 0.1) is 12.6 Å². The molecule has 162 valence electrons. The number of hydrogen-bond acceptors (Lipinski definition) is 6. The van der Waals surface area contributed by atoms with E-state index in [2.05, 4.69) is 63.5 Å². The number of fused-ring (bicyclic) bond motifs is 1. The first-order valence-electron chi connectivity index (χ1n) is 10.9. The Bertz CT molecular complexity index is 1230. The quantitative estimate of drug-likeness (QED) is 0.496. The number of likely N-dealkylation sites (N-methyl/N-ethyl adjacent to an activating group) is 1. The number of nitrogens with zero attached hydrogens (tertiary/aromatic N) is 4. The van der Waals surface area contributed by atoms with Crippen molar-refractivity contribution in [2.45, 2.75) is 0 Å². The Labute approximate surface area is 188 Å². The summed E-state index contributed by atoms with van der Waals surface area (Å²) in [5.41, 5.74) is 5.24. The number of rotatable bonds is 5. The summed E-state index contributed by atoms with van der Waals surface area (Å²) in [5, 5.41) is 4.40. The van der Waals surface area contributed by atoms with Gasteiger partial charge in [-0.25, -0.2) is 9.97 Å². The van der Waals surface area contributed by atoms with Crippen LogP contribution >= 0.6 is 0 Å². The number of aromatic nitrogens is 2. The van der Waals surface area contributed by atoms with Crippen LogP contribution in [-0.4, -0.2) is 55.2 Å². The zero-order chi connectivity index (χ0) is 21.9. The van der Waals surface area contributed by atoms with Gasteiger partial charge in [-0.1, -0.05) is 36.4 Å². The van der Waals surface area contributed by atoms with Gasteiger partial charge in [0.25, 0.3) is 0 Å². The number of benzene rings is 3. The average Bonchev–Trinajstić information content (AvgIpc) is 2.84. The summed E-state index contributed by atoms with van der Waals surface area (Å²) in [6.45, 7) is 4.24. The summed E-state index contributed by atoms with van der Waals surface area (Å²) in [5.74, 6) is 1.41. The van der Waals surface area contributed by atoms with Crippen LogP contribution in [0.2, 0.25) is 0 Å². The van der Waals surface area contributed by atoms with E-state index >= 15 is 0 Å². The molecule has 32 heavy (non-hydrogen) atoms. The summed E-state index contributed by atoms with van der Waals surface area (Å²) in [6.07, 6.45) is 1.87. The van der Waals surface area contributed by atoms with E-state index < -0.39 is 0 Å². The van der Waals surface area contributed by atoms with Crippen LogP contribution in [0.4, 0.5) is 17.3 Å². The van der Waals surface area contributed by atoms with Crippen molar-refractivity contribution in [1.82, 2.24) is 14.9 Å². The summed E-state index contributed by atoms with van der Waals surface area (Å²) >= 11 is 0. The number of piperazine rings is 1. The monoisotopic (exact) mass is 425 g/mol. The molecule has 0 bridgehead atoms. The Hall–Kier alpha value is -3.64. The van der Waals surface area contributed by atoms with Gasteiger partial charge < -0.3 is 19.9 Å². The van der Waals surface area contributed by atoms with Crippen LogP contribution in [0.3, 0.4) is 0 Å². The van der Waals surface area contributed by atoms with Gasteiger partial charge in [0, 0.05) is 54.7 Å². The Morgan fingerprint density at radius 3 is 2.56 bits per heavy atom. The highest BCUT2D eigenvalue weighted by atomic mass is 16.5. The van der Waals surface area contributed by atoms with Gasteiger partial charge in [0.2, 0.25) is 5.95 Å². The zero-order valence-electron chi connectivity index (χ0n) is 18.5. The second-order valence-electron chi connectivity index (χ2n) is 8.13. The molecule has 1 aromatic heterocycles. The van der Waals surface area contributed by atoms with Crippen molar-refractivity contribution >= 4 is 28.2 Å². The van der Waals surface area contributed by atoms with Crippen LogP contribution < -0.4 is 15.0 Å². The van der Waals surface area contributed by atoms with E-state index in [1.165, 1.54) is 5.69 Å². The van der Waals surface area contributed by atoms with Crippen molar-refractivity contribution in [3.8, 4) is 16.9 Å². The number of anilines is 3. The summed E-state index contributed by atoms with van der Waals surface area (Å²) in [6, 6.07) is 22.7. The van der Waals surface area contributed by atoms with Gasteiger partial charge in [0.1, 0.15) is 5.75 Å². The van der Waals surface area contributed by atoms with E-state index in [-0.39, 0.29) is 0 Å². The lowest BCUT2D eigenvalue weighted by molar-refractivity contribution is 0.313. The van der Waals surface area contributed by atoms with Crippen LogP contribution in [0.15, 0.2) is 72.9 Å². The topological polar surface area (TPSA) is 53.5 Å². The minimum atomic E-state index is 0.586. The number of methoxy groups -OCH3 is 1. The second kappa shape index (κ2) is 8.85. The van der Waals surface area contributed by atoms with Crippen molar-refractivity contribution in [2.24, 2.45) is 0 Å². The van der Waals surface area contributed by atoms with Crippen LogP contribution in [0, 0.1) is 0 Å². The van der Waals surface area contributed by atoms with E-state index in [0.29, 0.717) is 5.95 Å². The molecule has 1 N–H and O–H groups in total. The summed E-state index contributed by atoms with van der Waals surface area (Å²) in [7, 11) is 3.86. The minimum absolute atomic E-state index is 0.586. The third-order valence-corrected chi connectivity index (χ3v) is 5.96. The molecule has 3 aromatic carbocycles. The van der Waals surface area contributed by atoms with Gasteiger partial charge in [-0.3, -0.25) is 0 Å². The highest BCUT2D eigenvalue weighted by Gasteiger charge is 2.15. The fraction of sp³-hybridized carbons (Fsp3) is 0.231. The average molecular weight is 426 g/mol. The SMILES string of the molecule is COc1cccc(-c2cccc3cnc(Nc4cccc(N5CCN(C)CC5)c4)nc23)c1. The van der Waals surface area contributed by atoms with Crippen molar-refractivity contribution in [3.63, 3.8) is 0 Å². The molecular weight excluding hydrogens is 398 g/mol. The van der Waals surface area contributed by atoms with Crippen molar-refractivity contribution in [2.75, 3.05) is 50.6 Å². The lowest BCUT2D eigenvalue weighted by Crippen LogP contribution is -2.44. The zero-order valence-corrected chi connectivity index (χ0v) is 18.5. The molecule has 4 aromatic rings. The molecule has 2 heterocycles. The molecule has 0 atom stereocenters. The number of ether oxygens (including phenoxy) is 1. The molecule has 6 heteroatoms. The molecule has 1 aliphatic heterocycles. The number of nitrogens with one attached hydrogen (secondary N) is 1. The van der Waals surface area contributed by atoms with Gasteiger partial charge >= 0.3 is 0 Å². The van der Waals surface area contributed by atoms with Gasteiger partial charge in [-0.15, -0.1) is 0 Å². The Morgan fingerprint density at radius 1 is 0.906 bits per heavy atom. The van der Waals surface area contributed by atoms with E-state index in [4.69, 9.17) is 9.72 Å². The van der Waals surface area contributed by atoms with E-state index in [1.807, 2.05) is 36.5 Å². The maximum Gasteiger partial charge on any atom is 0.227 e. The largest absolute Gasteiger partial charge is 0.497 e. The summed E-state index contributed by atoms with van der Waals surface area (Å²) < 4.78 is 5.41. The van der Waals surface area contributed by atoms with Gasteiger partial charge in [-0.05, 0) is 42.9 Å². The molecule has 0 spiro atoms. The van der Waals surface area contributed by atoms with Gasteiger partial charge in [0.15, 0.2) is 0 Å². The fourth-order valence-electron chi connectivity index (χ4n) is 4.11. The molecule has 1 saturated heterocycles. The molecule has 0 aliphatic carbocycles. The van der Waals surface area contributed by atoms with Crippen molar-refractivity contribution < 1.29 is 4.74 Å². The van der Waals surface area contributed by atoms with Crippen LogP contribution in [0.5, 0.6) is 5.75 Å². The van der Waals surface area contributed by atoms with E-state index in [9.17, 15) is 0 Å². The lowest BCUT2D eigenvalue weighted by atomic mass is 10.0. The third kappa shape index (κ3) is 4.22. The Kier molecular flexibility index (Phi) is 5.60. The highest BCUT2D eigenvalue weighted by Crippen LogP contribution is 2.30. The molecular formula is C26H27N5O. The fourth-order valence-corrected chi connectivity index (χ4v) is 4.11. The second-order valence-corrected chi connectivity index (χ2v) is 8.13. The van der Waals surface area contributed by atoms with Gasteiger partial charge in [-0.2, -0.15) is 0 Å². The lowest BCUT2D eigenvalue weighted by Gasteiger charge is -2.34. The Balaban J connectivity index is 1.45. The molecule has 0 saturated carbocycles. The maximum absolute atomic E-state index is 5.41. The van der Waals surface area contributed by atoms with E-state index in [1.54, 1.807) is 7.11 Å². The van der Waals surface area contributed by atoms with Crippen molar-refractivity contribution in [1.29, 1.82) is 0 Å². The van der Waals surface area contributed by atoms with Crippen LogP contribution in [0.25, 0.3) is 22.0 Å². The predicted molar refractivity (Wildman–Crippen MR) is 131 cm³/mol. The standard InChI is InChI=1S/C26H27N5O/c1-30-12-14-31(15-13-30)22-9-5-8-21(17-22)28-26-27-18-20-7-4-11-24(25(20)29-26)19-6-3-10-23(16-19)32-2/h3-11,16-18H,12-15H2,1-2H3,(H,27,28,29). The van der Waals surface area contributed by atoms with Crippen LogP contribution in [0.1, 0.15) is 0 Å². The molecule has 1 aliphatic rings. The highest BCUT2D eigenvalue weighted by molar-refractivity contribution is 5.94. The molecule has 0 unspecified atom stereocenters. The third-order valence-electron chi connectivity index (χ3n) is 5.96. The van der Waals surface area contributed by atoms with Crippen LogP contribution in [-0.2, 0) is 0 Å². The first-order valence-corrected chi connectivity index (χ1v) is 10.9. The molecule has 0 radical (unpaired) electrons. The number of hydrogen-bond donors (Lipinski definition) is 1. The van der Waals surface area contributed by atoms with Crippen molar-refractivity contribution in [3.05, 3.63) is 72.9 Å². The molecule has 1 fully saturated rings. The molecule has 5 rings (SSSR count). The first kappa shape index (κ1) is 20.3. The predicted octanol–water partition coefficient (Wildman–Crippen LogP) is 4.80. The Morgan fingerprint density at radius 2 is 1.72 bits per heavy atom. The molecule has 0 amide bonds. The smallest absolute Gasteiger partial charge is 0.227 e. The van der Waals surface area contributed by atoms with E-state index in [0.717, 1.165) is 59.6 Å². The normalized spacial score (nSPS) is 14.5.